The van der Waals surface area contributed by atoms with Crippen molar-refractivity contribution in [1.82, 2.24) is 10.3 Å². The molecule has 21 heavy (non-hydrogen) atoms. The van der Waals surface area contributed by atoms with E-state index in [1.165, 1.54) is 0 Å². The average Bonchev–Trinajstić information content (AvgIpc) is 2.43. The van der Waals surface area contributed by atoms with E-state index < -0.39 is 0 Å². The number of nitrogens with one attached hydrogen (secondary N) is 1. The second-order valence-corrected chi connectivity index (χ2v) is 6.43. The molecule has 1 aliphatic carbocycles. The van der Waals surface area contributed by atoms with Crippen LogP contribution in [0, 0.1) is 12.8 Å². The average molecular weight is 292 g/mol. The molecular formula is C17H28N2O2. The Kier molecular flexibility index (Phi) is 6.00. The van der Waals surface area contributed by atoms with Crippen molar-refractivity contribution in [3.05, 3.63) is 23.5 Å². The molecule has 1 aromatic heterocycles. The molecule has 1 aliphatic rings. The van der Waals surface area contributed by atoms with E-state index in [1.807, 2.05) is 19.1 Å². The lowest BCUT2D eigenvalue weighted by Gasteiger charge is -2.29. The van der Waals surface area contributed by atoms with E-state index in [1.54, 1.807) is 0 Å². The van der Waals surface area contributed by atoms with Gasteiger partial charge < -0.3 is 15.2 Å². The summed E-state index contributed by atoms with van der Waals surface area (Å²) in [6, 6.07) is 3.95. The predicted molar refractivity (Wildman–Crippen MR) is 84.4 cm³/mol. The zero-order valence-corrected chi connectivity index (χ0v) is 13.4. The highest BCUT2D eigenvalue weighted by atomic mass is 16.5. The number of aliphatic hydroxyl groups excluding tert-OH is 1. The van der Waals surface area contributed by atoms with Crippen LogP contribution in [0.25, 0.3) is 0 Å². The third-order valence-corrected chi connectivity index (χ3v) is 3.86. The Hall–Kier alpha value is -1.13. The molecular weight excluding hydrogens is 264 g/mol. The molecule has 0 radical (unpaired) electrons. The Morgan fingerprint density at radius 3 is 2.81 bits per heavy atom. The fraction of sp³-hybridized carbons (Fsp3) is 0.706. The van der Waals surface area contributed by atoms with Gasteiger partial charge in [0.2, 0.25) is 0 Å². The van der Waals surface area contributed by atoms with Crippen molar-refractivity contribution in [3.63, 3.8) is 0 Å². The minimum absolute atomic E-state index is 0.0906. The van der Waals surface area contributed by atoms with Gasteiger partial charge >= 0.3 is 0 Å². The normalized spacial score (nSPS) is 22.5. The lowest BCUT2D eigenvalue weighted by molar-refractivity contribution is 0.00611. The van der Waals surface area contributed by atoms with Crippen molar-refractivity contribution in [1.29, 1.82) is 0 Å². The molecule has 2 N–H and O–H groups in total. The summed E-state index contributed by atoms with van der Waals surface area (Å²) in [5, 5.41) is 13.5. The minimum atomic E-state index is -0.350. The van der Waals surface area contributed by atoms with Crippen LogP contribution in [0.3, 0.4) is 0 Å². The summed E-state index contributed by atoms with van der Waals surface area (Å²) in [7, 11) is 0. The van der Waals surface area contributed by atoms with Crippen LogP contribution >= 0.6 is 0 Å². The number of hydrogen-bond donors (Lipinski definition) is 2. The van der Waals surface area contributed by atoms with E-state index in [0.29, 0.717) is 12.5 Å². The van der Waals surface area contributed by atoms with Crippen molar-refractivity contribution in [2.75, 3.05) is 6.54 Å². The quantitative estimate of drug-likeness (QED) is 0.846. The number of aromatic nitrogens is 1. The van der Waals surface area contributed by atoms with E-state index in [-0.39, 0.29) is 12.2 Å². The molecule has 2 unspecified atom stereocenters. The van der Waals surface area contributed by atoms with E-state index in [0.717, 1.165) is 49.4 Å². The Balaban J connectivity index is 2.03. The van der Waals surface area contributed by atoms with Gasteiger partial charge in [0, 0.05) is 12.2 Å². The topological polar surface area (TPSA) is 54.4 Å². The van der Waals surface area contributed by atoms with Crippen LogP contribution < -0.4 is 10.1 Å². The molecule has 1 saturated carbocycles. The maximum atomic E-state index is 10.1. The number of rotatable bonds is 6. The Bertz CT molecular complexity index is 448. The molecule has 0 saturated heterocycles. The predicted octanol–water partition coefficient (Wildman–Crippen LogP) is 2.82. The molecule has 2 rings (SSSR count). The highest BCUT2D eigenvalue weighted by molar-refractivity contribution is 5.29. The second kappa shape index (κ2) is 7.76. The smallest absolute Gasteiger partial charge is 0.142 e. The third kappa shape index (κ3) is 4.97. The lowest BCUT2D eigenvalue weighted by Crippen LogP contribution is -2.35. The number of pyridine rings is 1. The van der Waals surface area contributed by atoms with Crippen molar-refractivity contribution >= 4 is 0 Å². The Labute approximate surface area is 127 Å². The molecule has 4 nitrogen and oxygen atoms in total. The summed E-state index contributed by atoms with van der Waals surface area (Å²) in [4.78, 5) is 4.59. The highest BCUT2D eigenvalue weighted by Gasteiger charge is 2.25. The molecule has 4 heteroatoms. The highest BCUT2D eigenvalue weighted by Crippen LogP contribution is 2.26. The van der Waals surface area contributed by atoms with Crippen LogP contribution in [0.2, 0.25) is 0 Å². The molecule has 1 fully saturated rings. The monoisotopic (exact) mass is 292 g/mol. The summed E-state index contributed by atoms with van der Waals surface area (Å²) < 4.78 is 6.06. The SMILES string of the molecule is Cc1ccc(OC2CCCCC2O)c(CNCC(C)C)n1. The van der Waals surface area contributed by atoms with Crippen molar-refractivity contribution in [2.24, 2.45) is 5.92 Å². The number of aliphatic hydroxyl groups is 1. The summed E-state index contributed by atoms with van der Waals surface area (Å²) in [6.45, 7) is 8.03. The van der Waals surface area contributed by atoms with Gasteiger partial charge in [-0.3, -0.25) is 4.98 Å². The molecule has 0 spiro atoms. The Morgan fingerprint density at radius 2 is 2.10 bits per heavy atom. The summed E-state index contributed by atoms with van der Waals surface area (Å²) in [5.41, 5.74) is 1.93. The van der Waals surface area contributed by atoms with Gasteiger partial charge in [-0.05, 0) is 50.8 Å². The van der Waals surface area contributed by atoms with Crippen LogP contribution in [0.1, 0.15) is 50.9 Å². The first kappa shape index (κ1) is 16.2. The fourth-order valence-electron chi connectivity index (χ4n) is 2.69. The van der Waals surface area contributed by atoms with Crippen molar-refractivity contribution in [2.45, 2.75) is 65.2 Å². The van der Waals surface area contributed by atoms with Gasteiger partial charge in [-0.15, -0.1) is 0 Å². The maximum Gasteiger partial charge on any atom is 0.142 e. The summed E-state index contributed by atoms with van der Waals surface area (Å²) in [6.07, 6.45) is 3.54. The van der Waals surface area contributed by atoms with Crippen LogP contribution in [-0.2, 0) is 6.54 Å². The number of ether oxygens (including phenoxy) is 1. The van der Waals surface area contributed by atoms with E-state index >= 15 is 0 Å². The van der Waals surface area contributed by atoms with Gasteiger partial charge in [-0.2, -0.15) is 0 Å². The van der Waals surface area contributed by atoms with Crippen molar-refractivity contribution < 1.29 is 9.84 Å². The molecule has 0 aliphatic heterocycles. The second-order valence-electron chi connectivity index (χ2n) is 6.43. The first-order chi connectivity index (χ1) is 10.1. The standard InChI is InChI=1S/C17H28N2O2/c1-12(2)10-18-11-14-16(9-8-13(3)19-14)21-17-7-5-4-6-15(17)20/h8-9,12,15,17-18,20H,4-7,10-11H2,1-3H3. The zero-order valence-electron chi connectivity index (χ0n) is 13.4. The zero-order chi connectivity index (χ0) is 15.2. The number of aryl methyl sites for hydroxylation is 1. The molecule has 2 atom stereocenters. The van der Waals surface area contributed by atoms with E-state index in [4.69, 9.17) is 4.74 Å². The van der Waals surface area contributed by atoms with Gasteiger partial charge in [0.25, 0.3) is 0 Å². The fourth-order valence-corrected chi connectivity index (χ4v) is 2.69. The molecule has 0 bridgehead atoms. The number of nitrogens with zero attached hydrogens (tertiary/aromatic N) is 1. The van der Waals surface area contributed by atoms with E-state index in [9.17, 15) is 5.11 Å². The van der Waals surface area contributed by atoms with Gasteiger partial charge in [-0.1, -0.05) is 20.3 Å². The Morgan fingerprint density at radius 1 is 1.33 bits per heavy atom. The summed E-state index contributed by atoms with van der Waals surface area (Å²) >= 11 is 0. The first-order valence-corrected chi connectivity index (χ1v) is 8.08. The van der Waals surface area contributed by atoms with Gasteiger partial charge in [0.15, 0.2) is 0 Å². The maximum absolute atomic E-state index is 10.1. The lowest BCUT2D eigenvalue weighted by atomic mass is 9.95. The third-order valence-electron chi connectivity index (χ3n) is 3.86. The van der Waals surface area contributed by atoms with Crippen LogP contribution in [0.4, 0.5) is 0 Å². The molecule has 0 amide bonds. The van der Waals surface area contributed by atoms with Gasteiger partial charge in [0.1, 0.15) is 11.9 Å². The van der Waals surface area contributed by atoms with Crippen LogP contribution in [0.15, 0.2) is 12.1 Å². The summed E-state index contributed by atoms with van der Waals surface area (Å²) in [5.74, 6) is 1.42. The van der Waals surface area contributed by atoms with Crippen LogP contribution in [-0.4, -0.2) is 28.8 Å². The minimum Gasteiger partial charge on any atom is -0.486 e. The van der Waals surface area contributed by atoms with Gasteiger partial charge in [0.05, 0.1) is 11.8 Å². The molecule has 118 valence electrons. The first-order valence-electron chi connectivity index (χ1n) is 8.08. The van der Waals surface area contributed by atoms with Crippen molar-refractivity contribution in [3.8, 4) is 5.75 Å². The molecule has 1 aromatic rings. The van der Waals surface area contributed by atoms with Crippen LogP contribution in [0.5, 0.6) is 5.75 Å². The van der Waals surface area contributed by atoms with E-state index in [2.05, 4.69) is 24.1 Å². The molecule has 1 heterocycles. The number of hydrogen-bond acceptors (Lipinski definition) is 4. The largest absolute Gasteiger partial charge is 0.486 e. The molecule has 0 aromatic carbocycles. The van der Waals surface area contributed by atoms with Gasteiger partial charge in [-0.25, -0.2) is 0 Å².